The highest BCUT2D eigenvalue weighted by atomic mass is 19.4. The van der Waals surface area contributed by atoms with Gasteiger partial charge in [-0.1, -0.05) is 31.5 Å². The Labute approximate surface area is 203 Å². The molecule has 0 unspecified atom stereocenters. The van der Waals surface area contributed by atoms with E-state index in [0.717, 1.165) is 30.5 Å². The van der Waals surface area contributed by atoms with Gasteiger partial charge < -0.3 is 9.47 Å². The monoisotopic (exact) mass is 506 g/mol. The van der Waals surface area contributed by atoms with Crippen LogP contribution in [0.4, 0.5) is 26.3 Å². The lowest BCUT2D eigenvalue weighted by molar-refractivity contribution is -0.275. The molecule has 9 heteroatoms. The van der Waals surface area contributed by atoms with E-state index in [1.54, 1.807) is 12.1 Å². The number of hydrogen-bond acceptors (Lipinski definition) is 3. The molecule has 0 fully saturated rings. The van der Waals surface area contributed by atoms with Crippen molar-refractivity contribution >= 4 is 12.0 Å². The molecular formula is C27H20F6O3. The van der Waals surface area contributed by atoms with E-state index < -0.39 is 41.1 Å². The Balaban J connectivity index is 1.58. The lowest BCUT2D eigenvalue weighted by Gasteiger charge is -2.19. The van der Waals surface area contributed by atoms with Gasteiger partial charge in [0.2, 0.25) is 0 Å². The van der Waals surface area contributed by atoms with E-state index in [0.29, 0.717) is 17.7 Å². The van der Waals surface area contributed by atoms with E-state index in [-0.39, 0.29) is 35.3 Å². The topological polar surface area (TPSA) is 35.5 Å². The summed E-state index contributed by atoms with van der Waals surface area (Å²) in [5, 5.41) is 0. The van der Waals surface area contributed by atoms with Crippen LogP contribution in [0.3, 0.4) is 0 Å². The van der Waals surface area contributed by atoms with Gasteiger partial charge >= 0.3 is 12.3 Å². The molecule has 0 spiro atoms. The number of allylic oxidation sites excluding steroid dienone is 1. The van der Waals surface area contributed by atoms with Crippen molar-refractivity contribution < 1.29 is 40.6 Å². The minimum Gasteiger partial charge on any atom is -0.427 e. The Morgan fingerprint density at radius 1 is 0.944 bits per heavy atom. The summed E-state index contributed by atoms with van der Waals surface area (Å²) in [4.78, 5) is 12.5. The van der Waals surface area contributed by atoms with Crippen LogP contribution in [0.2, 0.25) is 0 Å². The summed E-state index contributed by atoms with van der Waals surface area (Å²) in [6.07, 6.45) is -1.68. The summed E-state index contributed by atoms with van der Waals surface area (Å²) in [5.41, 5.74) is 0.836. The fourth-order valence-electron chi connectivity index (χ4n) is 4.04. The smallest absolute Gasteiger partial charge is 0.427 e. The molecule has 0 atom stereocenters. The first kappa shape index (κ1) is 25.3. The van der Waals surface area contributed by atoms with Gasteiger partial charge in [-0.25, -0.2) is 18.0 Å². The van der Waals surface area contributed by atoms with Crippen molar-refractivity contribution in [1.29, 1.82) is 0 Å². The fourth-order valence-corrected chi connectivity index (χ4v) is 4.04. The molecule has 1 aliphatic rings. The second-order valence-corrected chi connectivity index (χ2v) is 8.26. The van der Waals surface area contributed by atoms with Crippen LogP contribution < -0.4 is 4.74 Å². The van der Waals surface area contributed by atoms with Crippen LogP contribution in [0.15, 0.2) is 54.3 Å². The SMILES string of the molecule is CCCc1ccc(C(=O)OC2=Cc3cc(F)c(-c4ccc(OC(F)(F)F)c(F)c4)c(F)c3CC2)cc1. The van der Waals surface area contributed by atoms with Gasteiger partial charge in [-0.15, -0.1) is 13.2 Å². The van der Waals surface area contributed by atoms with Gasteiger partial charge in [-0.3, -0.25) is 0 Å². The summed E-state index contributed by atoms with van der Waals surface area (Å²) in [5.74, 6) is -4.91. The first-order valence-corrected chi connectivity index (χ1v) is 11.1. The quantitative estimate of drug-likeness (QED) is 0.253. The van der Waals surface area contributed by atoms with E-state index in [1.807, 2.05) is 19.1 Å². The number of carbonyl (C=O) groups is 1. The zero-order valence-corrected chi connectivity index (χ0v) is 19.0. The second-order valence-electron chi connectivity index (χ2n) is 8.26. The summed E-state index contributed by atoms with van der Waals surface area (Å²) < 4.78 is 90.3. The van der Waals surface area contributed by atoms with Crippen LogP contribution in [0.25, 0.3) is 17.2 Å². The molecule has 188 valence electrons. The third kappa shape index (κ3) is 5.56. The molecule has 0 radical (unpaired) electrons. The van der Waals surface area contributed by atoms with Crippen molar-refractivity contribution in [2.45, 2.75) is 39.0 Å². The van der Waals surface area contributed by atoms with Crippen LogP contribution in [0.1, 0.15) is 46.8 Å². The van der Waals surface area contributed by atoms with Crippen molar-refractivity contribution in [3.05, 3.63) is 94.0 Å². The predicted molar refractivity (Wildman–Crippen MR) is 121 cm³/mol. The van der Waals surface area contributed by atoms with Crippen LogP contribution in [0, 0.1) is 17.5 Å². The van der Waals surface area contributed by atoms with Crippen LogP contribution >= 0.6 is 0 Å². The molecular weight excluding hydrogens is 486 g/mol. The van der Waals surface area contributed by atoms with Gasteiger partial charge in [-0.2, -0.15) is 0 Å². The Hall–Kier alpha value is -3.75. The zero-order chi connectivity index (χ0) is 26.0. The predicted octanol–water partition coefficient (Wildman–Crippen LogP) is 7.77. The zero-order valence-electron chi connectivity index (χ0n) is 19.0. The number of alkyl halides is 3. The Bertz CT molecular complexity index is 1330. The molecule has 0 heterocycles. The Morgan fingerprint density at radius 2 is 1.67 bits per heavy atom. The molecule has 3 aromatic carbocycles. The van der Waals surface area contributed by atoms with Gasteiger partial charge in [0.1, 0.15) is 17.4 Å². The van der Waals surface area contributed by atoms with Crippen LogP contribution in [0.5, 0.6) is 5.75 Å². The van der Waals surface area contributed by atoms with Crippen LogP contribution in [-0.2, 0) is 17.6 Å². The average Bonchev–Trinajstić information content (AvgIpc) is 2.80. The fraction of sp³-hybridized carbons (Fsp3) is 0.222. The Kier molecular flexibility index (Phi) is 7.10. The molecule has 0 N–H and O–H groups in total. The van der Waals surface area contributed by atoms with Crippen LogP contribution in [-0.4, -0.2) is 12.3 Å². The van der Waals surface area contributed by atoms with Crippen molar-refractivity contribution in [2.75, 3.05) is 0 Å². The van der Waals surface area contributed by atoms with Crippen molar-refractivity contribution in [1.82, 2.24) is 0 Å². The van der Waals surface area contributed by atoms with E-state index in [2.05, 4.69) is 4.74 Å². The van der Waals surface area contributed by atoms with E-state index in [4.69, 9.17) is 4.74 Å². The number of rotatable bonds is 6. The number of fused-ring (bicyclic) bond motifs is 1. The standard InChI is InChI=1S/C27H20F6O3/c1-2-3-15-4-6-16(7-5-15)26(34)35-19-9-10-20-18(12-19)14-22(29)24(25(20)30)17-8-11-23(21(28)13-17)36-27(31,32)33/h4-8,11-14H,2-3,9-10H2,1H3. The molecule has 0 aliphatic heterocycles. The lowest BCUT2D eigenvalue weighted by atomic mass is 9.91. The minimum absolute atomic E-state index is 0.0702. The van der Waals surface area contributed by atoms with Crippen molar-refractivity contribution in [3.8, 4) is 16.9 Å². The third-order valence-corrected chi connectivity index (χ3v) is 5.69. The van der Waals surface area contributed by atoms with Gasteiger partial charge in [0.05, 0.1) is 11.1 Å². The highest BCUT2D eigenvalue weighted by Gasteiger charge is 2.32. The maximum atomic E-state index is 15.2. The van der Waals surface area contributed by atoms with Crippen molar-refractivity contribution in [3.63, 3.8) is 0 Å². The number of hydrogen-bond donors (Lipinski definition) is 0. The lowest BCUT2D eigenvalue weighted by Crippen LogP contribution is -2.18. The molecule has 0 saturated carbocycles. The number of carbonyl (C=O) groups excluding carboxylic acids is 1. The van der Waals surface area contributed by atoms with Gasteiger partial charge in [-0.05, 0) is 71.5 Å². The molecule has 3 nitrogen and oxygen atoms in total. The van der Waals surface area contributed by atoms with E-state index in [1.165, 1.54) is 6.08 Å². The molecule has 0 amide bonds. The molecule has 0 saturated heterocycles. The average molecular weight is 506 g/mol. The second kappa shape index (κ2) is 10.1. The first-order valence-electron chi connectivity index (χ1n) is 11.1. The molecule has 3 aromatic rings. The number of aryl methyl sites for hydroxylation is 1. The van der Waals surface area contributed by atoms with E-state index >= 15 is 4.39 Å². The molecule has 4 rings (SSSR count). The van der Waals surface area contributed by atoms with Gasteiger partial charge in [0.15, 0.2) is 11.6 Å². The Morgan fingerprint density at radius 3 is 2.31 bits per heavy atom. The summed E-state index contributed by atoms with van der Waals surface area (Å²) >= 11 is 0. The van der Waals surface area contributed by atoms with Gasteiger partial charge in [0, 0.05) is 6.42 Å². The van der Waals surface area contributed by atoms with Gasteiger partial charge in [0.25, 0.3) is 0 Å². The highest BCUT2D eigenvalue weighted by Crippen LogP contribution is 2.37. The number of esters is 1. The van der Waals surface area contributed by atoms with E-state index in [9.17, 15) is 26.7 Å². The minimum atomic E-state index is -5.11. The summed E-state index contributed by atoms with van der Waals surface area (Å²) in [7, 11) is 0. The maximum absolute atomic E-state index is 15.2. The molecule has 0 aromatic heterocycles. The number of halogens is 6. The third-order valence-electron chi connectivity index (χ3n) is 5.69. The molecule has 0 bridgehead atoms. The highest BCUT2D eigenvalue weighted by molar-refractivity contribution is 5.90. The maximum Gasteiger partial charge on any atom is 0.573 e. The van der Waals surface area contributed by atoms with Crippen molar-refractivity contribution in [2.24, 2.45) is 0 Å². The molecule has 36 heavy (non-hydrogen) atoms. The number of benzene rings is 3. The number of ether oxygens (including phenoxy) is 2. The molecule has 1 aliphatic carbocycles. The summed E-state index contributed by atoms with van der Waals surface area (Å²) in [6.45, 7) is 2.05. The summed E-state index contributed by atoms with van der Waals surface area (Å²) in [6, 6.07) is 10.2. The first-order chi connectivity index (χ1) is 17.1. The largest absolute Gasteiger partial charge is 0.573 e. The normalized spacial score (nSPS) is 13.1.